The van der Waals surface area contributed by atoms with Crippen molar-refractivity contribution >= 4 is 33.3 Å². The predicted octanol–water partition coefficient (Wildman–Crippen LogP) is 5.56. The molecule has 1 aliphatic rings. The van der Waals surface area contributed by atoms with E-state index < -0.39 is 5.67 Å². The molecule has 1 nitrogen and oxygen atoms in total. The van der Waals surface area contributed by atoms with Gasteiger partial charge in [-0.15, -0.1) is 0 Å². The molecule has 21 heavy (non-hydrogen) atoms. The third kappa shape index (κ3) is 2.90. The number of hydrogen-bond donors (Lipinski definition) is 0. The molecule has 0 bridgehead atoms. The van der Waals surface area contributed by atoms with Gasteiger partial charge in [0.25, 0.3) is 0 Å². The summed E-state index contributed by atoms with van der Waals surface area (Å²) in [5.74, 6) is -0.278. The van der Waals surface area contributed by atoms with Gasteiger partial charge in [-0.2, -0.15) is 0 Å². The van der Waals surface area contributed by atoms with E-state index in [0.717, 1.165) is 4.47 Å². The Morgan fingerprint density at radius 3 is 2.57 bits per heavy atom. The number of rotatable bonds is 4. The van der Waals surface area contributed by atoms with E-state index in [-0.39, 0.29) is 18.1 Å². The summed E-state index contributed by atoms with van der Waals surface area (Å²) in [6.07, 6.45) is 0.618. The predicted molar refractivity (Wildman–Crippen MR) is 85.4 cm³/mol. The van der Waals surface area contributed by atoms with Gasteiger partial charge in [-0.05, 0) is 30.2 Å². The van der Waals surface area contributed by atoms with Crippen LogP contribution in [-0.2, 0) is 5.67 Å². The molecule has 4 heteroatoms. The van der Waals surface area contributed by atoms with Crippen LogP contribution in [0.3, 0.4) is 0 Å². The number of benzene rings is 2. The van der Waals surface area contributed by atoms with Crippen LogP contribution in [0.4, 0.5) is 4.39 Å². The summed E-state index contributed by atoms with van der Waals surface area (Å²) in [5, 5.41) is 0.587. The van der Waals surface area contributed by atoms with Gasteiger partial charge in [0.05, 0.1) is 0 Å². The maximum Gasteiger partial charge on any atom is 0.164 e. The monoisotopic (exact) mass is 366 g/mol. The number of carbonyl (C=O) groups excluding carboxylic acids is 1. The van der Waals surface area contributed by atoms with Crippen molar-refractivity contribution in [2.75, 3.05) is 0 Å². The lowest BCUT2D eigenvalue weighted by Crippen LogP contribution is -2.07. The van der Waals surface area contributed by atoms with E-state index >= 15 is 0 Å². The number of halogens is 3. The van der Waals surface area contributed by atoms with E-state index in [1.54, 1.807) is 30.3 Å². The Balaban J connectivity index is 1.72. The van der Waals surface area contributed by atoms with Crippen molar-refractivity contribution in [3.8, 4) is 0 Å². The Morgan fingerprint density at radius 1 is 1.24 bits per heavy atom. The van der Waals surface area contributed by atoms with E-state index in [0.29, 0.717) is 22.6 Å². The van der Waals surface area contributed by atoms with E-state index in [4.69, 9.17) is 11.6 Å². The number of Topliss-reactive ketones (excluding diaryl/α,β-unsaturated/α-hetero) is 1. The van der Waals surface area contributed by atoms with Gasteiger partial charge in [0, 0.05) is 27.4 Å². The lowest BCUT2D eigenvalue weighted by Gasteiger charge is -2.09. The molecule has 0 N–H and O–H groups in total. The number of alkyl halides is 1. The zero-order valence-electron chi connectivity index (χ0n) is 11.2. The molecule has 0 aliphatic heterocycles. The Kier molecular flexibility index (Phi) is 3.89. The highest BCUT2D eigenvalue weighted by atomic mass is 79.9. The molecule has 3 rings (SSSR count). The molecule has 108 valence electrons. The van der Waals surface area contributed by atoms with Gasteiger partial charge in [-0.3, -0.25) is 4.79 Å². The van der Waals surface area contributed by atoms with E-state index in [9.17, 15) is 9.18 Å². The van der Waals surface area contributed by atoms with Crippen LogP contribution in [0, 0.1) is 5.92 Å². The van der Waals surface area contributed by atoms with Crippen LogP contribution < -0.4 is 0 Å². The number of hydrogen-bond acceptors (Lipinski definition) is 1. The van der Waals surface area contributed by atoms with Crippen LogP contribution in [0.5, 0.6) is 0 Å². The largest absolute Gasteiger partial charge is 0.294 e. The van der Waals surface area contributed by atoms with Crippen molar-refractivity contribution in [2.45, 2.75) is 18.5 Å². The van der Waals surface area contributed by atoms with Crippen molar-refractivity contribution in [1.82, 2.24) is 0 Å². The summed E-state index contributed by atoms with van der Waals surface area (Å²) >= 11 is 9.18. The molecule has 0 unspecified atom stereocenters. The summed E-state index contributed by atoms with van der Waals surface area (Å²) in [6, 6.07) is 14.0. The Labute approximate surface area is 136 Å². The average molecular weight is 368 g/mol. The molecule has 0 heterocycles. The Morgan fingerprint density at radius 2 is 1.90 bits per heavy atom. The van der Waals surface area contributed by atoms with Crippen LogP contribution in [0.1, 0.15) is 28.8 Å². The van der Waals surface area contributed by atoms with Gasteiger partial charge in [0.15, 0.2) is 5.78 Å². The summed E-state index contributed by atoms with van der Waals surface area (Å²) in [6.45, 7) is 0. The Hall–Kier alpha value is -1.19. The summed E-state index contributed by atoms with van der Waals surface area (Å²) < 4.78 is 15.6. The normalized spacial score (nSPS) is 23.9. The first-order chi connectivity index (χ1) is 10.0. The van der Waals surface area contributed by atoms with Crippen molar-refractivity contribution in [3.05, 3.63) is 69.2 Å². The molecule has 0 saturated heterocycles. The zero-order valence-corrected chi connectivity index (χ0v) is 13.5. The van der Waals surface area contributed by atoms with Gasteiger partial charge in [-0.25, -0.2) is 4.39 Å². The fraction of sp³-hybridized carbons (Fsp3) is 0.235. The second kappa shape index (κ2) is 5.54. The summed E-state index contributed by atoms with van der Waals surface area (Å²) in [7, 11) is 0. The molecule has 0 spiro atoms. The van der Waals surface area contributed by atoms with Crippen molar-refractivity contribution in [1.29, 1.82) is 0 Å². The lowest BCUT2D eigenvalue weighted by molar-refractivity contribution is 0.0964. The maximum atomic E-state index is 14.8. The van der Waals surface area contributed by atoms with Crippen LogP contribution in [-0.4, -0.2) is 5.78 Å². The highest BCUT2D eigenvalue weighted by Crippen LogP contribution is 2.57. The summed E-state index contributed by atoms with van der Waals surface area (Å²) in [4.78, 5) is 12.3. The minimum atomic E-state index is -1.39. The third-order valence-corrected chi connectivity index (χ3v) is 4.90. The number of carbonyl (C=O) groups is 1. The van der Waals surface area contributed by atoms with E-state index in [2.05, 4.69) is 15.9 Å². The van der Waals surface area contributed by atoms with Gasteiger partial charge in [0.2, 0.25) is 0 Å². The van der Waals surface area contributed by atoms with Gasteiger partial charge < -0.3 is 0 Å². The van der Waals surface area contributed by atoms with E-state index in [1.807, 2.05) is 18.2 Å². The van der Waals surface area contributed by atoms with Gasteiger partial charge in [-0.1, -0.05) is 57.9 Å². The van der Waals surface area contributed by atoms with Gasteiger partial charge in [0.1, 0.15) is 5.67 Å². The molecule has 2 atom stereocenters. The highest BCUT2D eigenvalue weighted by molar-refractivity contribution is 9.10. The summed E-state index contributed by atoms with van der Waals surface area (Å²) in [5.41, 5.74) is -0.165. The molecule has 2 aromatic rings. The molecule has 2 aromatic carbocycles. The Bertz CT molecular complexity index is 685. The number of ketones is 1. The third-order valence-electron chi connectivity index (χ3n) is 3.96. The molecule has 1 fully saturated rings. The van der Waals surface area contributed by atoms with Crippen LogP contribution >= 0.6 is 27.5 Å². The SMILES string of the molecule is O=C(C[C@@H]1C[C@]1(F)c1ccc(Cl)cc1)c1ccccc1Br. The quantitative estimate of drug-likeness (QED) is 0.647. The lowest BCUT2D eigenvalue weighted by atomic mass is 10.0. The molecule has 1 aliphatic carbocycles. The smallest absolute Gasteiger partial charge is 0.164 e. The second-order valence-electron chi connectivity index (χ2n) is 5.38. The van der Waals surface area contributed by atoms with Crippen molar-refractivity contribution in [2.24, 2.45) is 5.92 Å². The molecule has 1 saturated carbocycles. The minimum absolute atomic E-state index is 0.0269. The first-order valence-electron chi connectivity index (χ1n) is 6.73. The standard InChI is InChI=1S/C17H13BrClFO/c18-15-4-2-1-3-14(15)16(21)9-12-10-17(12,20)11-5-7-13(19)8-6-11/h1-8,12H,9-10H2/t12-,17+/m1/s1. The second-order valence-corrected chi connectivity index (χ2v) is 6.67. The highest BCUT2D eigenvalue weighted by Gasteiger charge is 2.57. The first-order valence-corrected chi connectivity index (χ1v) is 7.90. The fourth-order valence-electron chi connectivity index (χ4n) is 2.64. The molecule has 0 amide bonds. The molecule has 0 radical (unpaired) electrons. The topological polar surface area (TPSA) is 17.1 Å². The maximum absolute atomic E-state index is 14.8. The van der Waals surface area contributed by atoms with Crippen LogP contribution in [0.15, 0.2) is 53.0 Å². The zero-order chi connectivity index (χ0) is 15.0. The molecule has 0 aromatic heterocycles. The van der Waals surface area contributed by atoms with Crippen LogP contribution in [0.2, 0.25) is 5.02 Å². The molecular formula is C17H13BrClFO. The average Bonchev–Trinajstić information content (AvgIpc) is 3.11. The first kappa shape index (κ1) is 14.7. The van der Waals surface area contributed by atoms with E-state index in [1.165, 1.54) is 0 Å². The van der Waals surface area contributed by atoms with Crippen LogP contribution in [0.25, 0.3) is 0 Å². The minimum Gasteiger partial charge on any atom is -0.294 e. The van der Waals surface area contributed by atoms with Crippen molar-refractivity contribution in [3.63, 3.8) is 0 Å². The van der Waals surface area contributed by atoms with Gasteiger partial charge >= 0.3 is 0 Å². The molecular weight excluding hydrogens is 355 g/mol. The fourth-order valence-corrected chi connectivity index (χ4v) is 3.27. The van der Waals surface area contributed by atoms with Crippen molar-refractivity contribution < 1.29 is 9.18 Å².